The first-order valence-corrected chi connectivity index (χ1v) is 9.62. The smallest absolute Gasteiger partial charge is 0.264 e. The number of rotatable bonds is 5. The van der Waals surface area contributed by atoms with E-state index >= 15 is 0 Å². The summed E-state index contributed by atoms with van der Waals surface area (Å²) in [5, 5.41) is 0.795. The largest absolute Gasteiger partial charge is 0.457 e. The average molecular weight is 388 g/mol. The molecule has 2 aromatic rings. The lowest BCUT2D eigenvalue weighted by Crippen LogP contribution is -2.29. The van der Waals surface area contributed by atoms with Gasteiger partial charge in [-0.3, -0.25) is 4.79 Å². The molecule has 0 heterocycles. The molecule has 24 heavy (non-hydrogen) atoms. The number of carbonyl (C=O) groups is 1. The predicted molar refractivity (Wildman–Crippen MR) is 94.7 cm³/mol. The Hall–Kier alpha value is -1.76. The highest BCUT2D eigenvalue weighted by Crippen LogP contribution is 2.31. The summed E-state index contributed by atoms with van der Waals surface area (Å²) in [5.41, 5.74) is 0.987. The minimum absolute atomic E-state index is 0.235. The second-order valence-electron chi connectivity index (χ2n) is 5.06. The molecule has 0 aliphatic heterocycles. The average Bonchev–Trinajstić information content (AvgIpc) is 2.49. The number of hydrogen-bond donors (Lipinski definition) is 1. The molecule has 0 fully saturated rings. The number of carbonyl (C=O) groups excluding carboxylic acids is 1. The Bertz CT molecular complexity index is 882. The lowest BCUT2D eigenvalue weighted by molar-refractivity contribution is 0.0981. The van der Waals surface area contributed by atoms with Crippen molar-refractivity contribution in [2.45, 2.75) is 13.3 Å². The zero-order valence-electron chi connectivity index (χ0n) is 13.0. The van der Waals surface area contributed by atoms with Crippen LogP contribution in [0.4, 0.5) is 0 Å². The molecule has 5 nitrogen and oxygen atoms in total. The summed E-state index contributed by atoms with van der Waals surface area (Å²) in [7, 11) is -3.62. The van der Waals surface area contributed by atoms with Crippen molar-refractivity contribution in [3.63, 3.8) is 0 Å². The molecule has 0 saturated carbocycles. The van der Waals surface area contributed by atoms with Crippen LogP contribution in [0.2, 0.25) is 10.0 Å². The summed E-state index contributed by atoms with van der Waals surface area (Å²) in [6.45, 7) is 1.90. The molecule has 0 aromatic heterocycles. The first-order chi connectivity index (χ1) is 11.2. The molecule has 8 heteroatoms. The summed E-state index contributed by atoms with van der Waals surface area (Å²) in [5.74, 6) is 0.368. The van der Waals surface area contributed by atoms with E-state index in [0.717, 1.165) is 11.8 Å². The summed E-state index contributed by atoms with van der Waals surface area (Å²) < 4.78 is 30.0. The van der Waals surface area contributed by atoms with E-state index < -0.39 is 15.9 Å². The summed E-state index contributed by atoms with van der Waals surface area (Å²) in [4.78, 5) is 11.9. The van der Waals surface area contributed by atoms with Crippen molar-refractivity contribution in [1.82, 2.24) is 4.72 Å². The fourth-order valence-corrected chi connectivity index (χ4v) is 2.73. The lowest BCUT2D eigenvalue weighted by atomic mass is 10.1. The van der Waals surface area contributed by atoms with E-state index in [2.05, 4.69) is 0 Å². The quantitative estimate of drug-likeness (QED) is 0.839. The van der Waals surface area contributed by atoms with Crippen molar-refractivity contribution >= 4 is 39.1 Å². The first kappa shape index (κ1) is 18.6. The van der Waals surface area contributed by atoms with Crippen molar-refractivity contribution in [3.05, 3.63) is 57.6 Å². The second kappa shape index (κ2) is 7.42. The Kier molecular flexibility index (Phi) is 5.74. The van der Waals surface area contributed by atoms with E-state index in [1.54, 1.807) is 30.3 Å². The second-order valence-corrected chi connectivity index (χ2v) is 7.62. The van der Waals surface area contributed by atoms with Crippen LogP contribution in [0.25, 0.3) is 0 Å². The van der Waals surface area contributed by atoms with E-state index in [4.69, 9.17) is 27.9 Å². The van der Waals surface area contributed by atoms with Gasteiger partial charge in [0.15, 0.2) is 0 Å². The van der Waals surface area contributed by atoms with E-state index in [0.29, 0.717) is 28.0 Å². The molecule has 1 N–H and O–H groups in total. The number of hydrogen-bond acceptors (Lipinski definition) is 4. The van der Waals surface area contributed by atoms with Crippen LogP contribution in [0.1, 0.15) is 22.8 Å². The molecule has 0 aliphatic rings. The van der Waals surface area contributed by atoms with Crippen LogP contribution < -0.4 is 9.46 Å². The van der Waals surface area contributed by atoms with Crippen LogP contribution in [0.5, 0.6) is 11.5 Å². The molecule has 1 amide bonds. The third kappa shape index (κ3) is 4.87. The van der Waals surface area contributed by atoms with E-state index in [1.807, 2.05) is 11.6 Å². The van der Waals surface area contributed by atoms with Gasteiger partial charge in [0.1, 0.15) is 11.5 Å². The molecular weight excluding hydrogens is 373 g/mol. The minimum atomic E-state index is -3.62. The number of sulfonamides is 1. The van der Waals surface area contributed by atoms with E-state index in [1.165, 1.54) is 6.07 Å². The normalized spacial score (nSPS) is 11.2. The van der Waals surface area contributed by atoms with Crippen LogP contribution in [0.3, 0.4) is 0 Å². The fraction of sp³-hybridized carbons (Fsp3) is 0.188. The van der Waals surface area contributed by atoms with Crippen molar-refractivity contribution < 1.29 is 17.9 Å². The van der Waals surface area contributed by atoms with Gasteiger partial charge in [0.25, 0.3) is 5.91 Å². The van der Waals surface area contributed by atoms with Crippen molar-refractivity contribution in [1.29, 1.82) is 0 Å². The maximum atomic E-state index is 11.9. The highest BCUT2D eigenvalue weighted by Gasteiger charge is 2.14. The molecule has 2 aromatic carbocycles. The zero-order valence-corrected chi connectivity index (χ0v) is 15.3. The molecule has 128 valence electrons. The van der Waals surface area contributed by atoms with Crippen LogP contribution >= 0.6 is 23.2 Å². The minimum Gasteiger partial charge on any atom is -0.457 e. The van der Waals surface area contributed by atoms with Crippen LogP contribution in [0.15, 0.2) is 36.4 Å². The lowest BCUT2D eigenvalue weighted by Gasteiger charge is -2.12. The zero-order chi connectivity index (χ0) is 17.9. The van der Waals surface area contributed by atoms with Crippen LogP contribution in [-0.2, 0) is 16.4 Å². The molecule has 0 radical (unpaired) electrons. The summed E-state index contributed by atoms with van der Waals surface area (Å²) in [6.07, 6.45) is 1.52. The van der Waals surface area contributed by atoms with Crippen LogP contribution in [-0.4, -0.2) is 20.6 Å². The third-order valence-electron chi connectivity index (χ3n) is 3.10. The Morgan fingerprint density at radius 1 is 1.12 bits per heavy atom. The Balaban J connectivity index is 2.28. The number of ether oxygens (including phenoxy) is 1. The fourth-order valence-electron chi connectivity index (χ4n) is 1.99. The van der Waals surface area contributed by atoms with Gasteiger partial charge in [0, 0.05) is 11.6 Å². The molecule has 0 atom stereocenters. The number of nitrogens with one attached hydrogen (secondary N) is 1. The van der Waals surface area contributed by atoms with Gasteiger partial charge in [0.05, 0.1) is 16.3 Å². The highest BCUT2D eigenvalue weighted by atomic mass is 35.5. The van der Waals surface area contributed by atoms with Gasteiger partial charge in [-0.05, 0) is 42.3 Å². The number of amides is 1. The Labute approximate surface area is 150 Å². The maximum absolute atomic E-state index is 11.9. The topological polar surface area (TPSA) is 72.5 Å². The van der Waals surface area contributed by atoms with Crippen LogP contribution in [0, 0.1) is 0 Å². The molecule has 0 spiro atoms. The maximum Gasteiger partial charge on any atom is 0.264 e. The van der Waals surface area contributed by atoms with Gasteiger partial charge in [-0.25, -0.2) is 13.1 Å². The molecule has 0 saturated heterocycles. The van der Waals surface area contributed by atoms with Gasteiger partial charge in [-0.1, -0.05) is 30.1 Å². The Morgan fingerprint density at radius 2 is 1.83 bits per heavy atom. The molecule has 0 unspecified atom stereocenters. The molecule has 0 bridgehead atoms. The third-order valence-corrected chi connectivity index (χ3v) is 4.40. The number of benzene rings is 2. The molecule has 2 rings (SSSR count). The van der Waals surface area contributed by atoms with Crippen molar-refractivity contribution in [3.8, 4) is 11.5 Å². The number of aryl methyl sites for hydroxylation is 1. The van der Waals surface area contributed by atoms with E-state index in [-0.39, 0.29) is 5.56 Å². The van der Waals surface area contributed by atoms with Gasteiger partial charge >= 0.3 is 0 Å². The van der Waals surface area contributed by atoms with Gasteiger partial charge < -0.3 is 4.74 Å². The van der Waals surface area contributed by atoms with Crippen molar-refractivity contribution in [2.24, 2.45) is 0 Å². The van der Waals surface area contributed by atoms with Gasteiger partial charge in [-0.15, -0.1) is 0 Å². The predicted octanol–water partition coefficient (Wildman–Crippen LogP) is 4.04. The van der Waals surface area contributed by atoms with Gasteiger partial charge in [0.2, 0.25) is 10.0 Å². The first-order valence-electron chi connectivity index (χ1n) is 6.97. The summed E-state index contributed by atoms with van der Waals surface area (Å²) in [6, 6.07) is 9.59. The van der Waals surface area contributed by atoms with Crippen molar-refractivity contribution in [2.75, 3.05) is 6.26 Å². The monoisotopic (exact) mass is 387 g/mol. The standard InChI is InChI=1S/C16H15Cl2NO4S/c1-3-10-8-11(16(20)19-24(2,21)22)4-7-15(10)23-12-5-6-13(17)14(18)9-12/h4-9H,3H2,1-2H3,(H,19,20). The van der Waals surface area contributed by atoms with Gasteiger partial charge in [-0.2, -0.15) is 0 Å². The Morgan fingerprint density at radius 3 is 2.42 bits per heavy atom. The summed E-state index contributed by atoms with van der Waals surface area (Å²) >= 11 is 11.8. The number of halogens is 2. The van der Waals surface area contributed by atoms with E-state index in [9.17, 15) is 13.2 Å². The molecule has 0 aliphatic carbocycles. The SMILES string of the molecule is CCc1cc(C(=O)NS(C)(=O)=O)ccc1Oc1ccc(Cl)c(Cl)c1. The molecular formula is C16H15Cl2NO4S. The highest BCUT2D eigenvalue weighted by molar-refractivity contribution is 7.89.